The summed E-state index contributed by atoms with van der Waals surface area (Å²) in [5, 5.41) is 15.4. The number of furan rings is 1. The maximum atomic E-state index is 6.79. The average Bonchev–Trinajstić information content (AvgIpc) is 3.94. The van der Waals surface area contributed by atoms with E-state index in [1.807, 2.05) is 17.4 Å². The fourth-order valence-corrected chi connectivity index (χ4v) is 10.5. The van der Waals surface area contributed by atoms with Crippen LogP contribution in [0.5, 0.6) is 0 Å². The molecule has 0 aliphatic rings. The molecule has 4 heterocycles. The van der Waals surface area contributed by atoms with Gasteiger partial charge in [-0.3, -0.25) is 4.57 Å². The number of aromatic nitrogens is 3. The predicted molar refractivity (Wildman–Crippen MR) is 232 cm³/mol. The summed E-state index contributed by atoms with van der Waals surface area (Å²) in [5.74, 6) is 0.635. The van der Waals surface area contributed by atoms with Crippen molar-refractivity contribution in [2.24, 2.45) is 0 Å². The highest BCUT2D eigenvalue weighted by Gasteiger charge is 2.26. The zero-order valence-electron chi connectivity index (χ0n) is 29.2. The Kier molecular flexibility index (Phi) is 5.74. The van der Waals surface area contributed by atoms with Gasteiger partial charge in [0.1, 0.15) is 11.2 Å². The van der Waals surface area contributed by atoms with E-state index in [4.69, 9.17) is 14.4 Å². The minimum absolute atomic E-state index is 0.635. The number of nitrogens with zero attached hydrogens (tertiary/aromatic N) is 3. The third-order valence-electron chi connectivity index (χ3n) is 11.6. The van der Waals surface area contributed by atoms with E-state index in [9.17, 15) is 0 Å². The van der Waals surface area contributed by atoms with Crippen molar-refractivity contribution in [1.29, 1.82) is 0 Å². The highest BCUT2D eigenvalue weighted by Crippen LogP contribution is 2.49. The quantitative estimate of drug-likeness (QED) is 0.179. The lowest BCUT2D eigenvalue weighted by Gasteiger charge is -2.13. The Morgan fingerprint density at radius 1 is 0.473 bits per heavy atom. The molecule has 0 aliphatic heterocycles. The van der Waals surface area contributed by atoms with Crippen molar-refractivity contribution in [3.63, 3.8) is 0 Å². The Labute approximate surface area is 317 Å². The van der Waals surface area contributed by atoms with E-state index in [0.717, 1.165) is 65.9 Å². The van der Waals surface area contributed by atoms with E-state index >= 15 is 0 Å². The van der Waals surface area contributed by atoms with Gasteiger partial charge in [-0.1, -0.05) is 133 Å². The first-order chi connectivity index (χ1) is 27.3. The summed E-state index contributed by atoms with van der Waals surface area (Å²) in [6.45, 7) is 0. The number of thiophene rings is 1. The van der Waals surface area contributed by atoms with Gasteiger partial charge in [-0.15, -0.1) is 11.3 Å². The van der Waals surface area contributed by atoms with Crippen molar-refractivity contribution >= 4 is 118 Å². The molecule has 55 heavy (non-hydrogen) atoms. The lowest BCUT2D eigenvalue weighted by Crippen LogP contribution is -2.04. The Morgan fingerprint density at radius 2 is 1.11 bits per heavy atom. The maximum absolute atomic E-state index is 6.79. The molecule has 0 N–H and O–H groups in total. The van der Waals surface area contributed by atoms with Gasteiger partial charge < -0.3 is 4.42 Å². The molecule has 4 nitrogen and oxygen atoms in total. The molecule has 0 atom stereocenters. The zero-order chi connectivity index (χ0) is 35.8. The van der Waals surface area contributed by atoms with Gasteiger partial charge in [0.05, 0.1) is 26.9 Å². The normalized spacial score (nSPS) is 12.4. The van der Waals surface area contributed by atoms with E-state index in [2.05, 4.69) is 162 Å². The highest BCUT2D eigenvalue weighted by atomic mass is 32.1. The minimum atomic E-state index is 0.635. The number of rotatable bonds is 2. The molecule has 0 saturated carbocycles. The second-order valence-corrected chi connectivity index (χ2v) is 15.5. The highest BCUT2D eigenvalue weighted by molar-refractivity contribution is 7.27. The minimum Gasteiger partial charge on any atom is -0.455 e. The molecule has 4 aromatic heterocycles. The van der Waals surface area contributed by atoms with Crippen LogP contribution in [0.1, 0.15) is 0 Å². The summed E-state index contributed by atoms with van der Waals surface area (Å²) < 4.78 is 11.6. The second-order valence-electron chi connectivity index (χ2n) is 14.4. The first-order valence-electron chi connectivity index (χ1n) is 18.6. The molecule has 0 radical (unpaired) electrons. The Bertz CT molecular complexity index is 3790. The summed E-state index contributed by atoms with van der Waals surface area (Å²) >= 11 is 1.85. The van der Waals surface area contributed by atoms with Crippen LogP contribution in [0.25, 0.3) is 124 Å². The summed E-state index contributed by atoms with van der Waals surface area (Å²) in [5.41, 5.74) is 6.59. The van der Waals surface area contributed by atoms with Gasteiger partial charge in [0.25, 0.3) is 0 Å². The third-order valence-corrected chi connectivity index (χ3v) is 12.7. The van der Waals surface area contributed by atoms with Crippen LogP contribution in [0.3, 0.4) is 0 Å². The smallest absolute Gasteiger partial charge is 0.235 e. The van der Waals surface area contributed by atoms with E-state index in [0.29, 0.717) is 5.95 Å². The van der Waals surface area contributed by atoms with Crippen LogP contribution in [-0.4, -0.2) is 14.5 Å². The summed E-state index contributed by atoms with van der Waals surface area (Å²) in [6.07, 6.45) is 0. The fourth-order valence-electron chi connectivity index (χ4n) is 9.26. The molecule has 5 heteroatoms. The van der Waals surface area contributed by atoms with Gasteiger partial charge in [-0.05, 0) is 62.6 Å². The van der Waals surface area contributed by atoms with Crippen LogP contribution < -0.4 is 0 Å². The Balaban J connectivity index is 1.25. The summed E-state index contributed by atoms with van der Waals surface area (Å²) in [6, 6.07) is 58.5. The summed E-state index contributed by atoms with van der Waals surface area (Å²) in [4.78, 5) is 11.1. The van der Waals surface area contributed by atoms with Crippen LogP contribution in [0.4, 0.5) is 0 Å². The van der Waals surface area contributed by atoms with Crippen LogP contribution in [0, 0.1) is 0 Å². The van der Waals surface area contributed by atoms with Crippen LogP contribution >= 0.6 is 11.3 Å². The molecule has 0 saturated heterocycles. The zero-order valence-corrected chi connectivity index (χ0v) is 30.1. The van der Waals surface area contributed by atoms with Crippen molar-refractivity contribution < 1.29 is 4.42 Å². The molecule has 9 aromatic carbocycles. The number of hydrogen-bond acceptors (Lipinski definition) is 4. The van der Waals surface area contributed by atoms with Crippen LogP contribution in [-0.2, 0) is 0 Å². The number of para-hydroxylation sites is 2. The topological polar surface area (TPSA) is 43.9 Å². The molecular formula is C50H27N3OS. The number of benzene rings is 9. The second kappa shape index (κ2) is 10.8. The molecule has 254 valence electrons. The van der Waals surface area contributed by atoms with Crippen LogP contribution in [0.2, 0.25) is 0 Å². The molecule has 0 unspecified atom stereocenters. The van der Waals surface area contributed by atoms with Gasteiger partial charge in [-0.25, -0.2) is 9.97 Å². The molecule has 0 spiro atoms. The van der Waals surface area contributed by atoms with E-state index in [-0.39, 0.29) is 0 Å². The summed E-state index contributed by atoms with van der Waals surface area (Å²) in [7, 11) is 0. The SMILES string of the molecule is c1ccc2c(c1)cc(-c1nc(-n3c4ccc5ccccc5c4c4c5ccccc5c5c6ccccc6sc5c43)nc3ccccc13)c1oc3ccccc3c12. The van der Waals surface area contributed by atoms with Crippen molar-refractivity contribution in [3.05, 3.63) is 164 Å². The molecule has 13 rings (SSSR count). The van der Waals surface area contributed by atoms with Gasteiger partial charge in [0.2, 0.25) is 5.95 Å². The third kappa shape index (κ3) is 3.89. The molecule has 0 fully saturated rings. The molecule has 0 aliphatic carbocycles. The molecule has 0 bridgehead atoms. The standard InChI is InChI=1S/C50H27N3OS/c1-3-15-30-28(13-1)25-26-39-44(30)45-33-18-6-5-17-32(33)43-36-21-9-12-24-41(36)55-49(43)47(45)53(39)50-51-38-22-10-7-19-34(38)46(52-50)37-27-29-14-2-4-16-31(29)42-35-20-8-11-23-40(35)54-48(37)42/h1-27H. The van der Waals surface area contributed by atoms with E-state index < -0.39 is 0 Å². The molecular weight excluding hydrogens is 691 g/mol. The van der Waals surface area contributed by atoms with Gasteiger partial charge >= 0.3 is 0 Å². The largest absolute Gasteiger partial charge is 0.455 e. The van der Waals surface area contributed by atoms with E-state index in [1.54, 1.807) is 0 Å². The fraction of sp³-hybridized carbons (Fsp3) is 0. The Hall–Kier alpha value is -7.08. The van der Waals surface area contributed by atoms with Gasteiger partial charge in [0.15, 0.2) is 0 Å². The predicted octanol–water partition coefficient (Wildman–Crippen LogP) is 14.1. The average molecular weight is 718 g/mol. The van der Waals surface area contributed by atoms with E-state index in [1.165, 1.54) is 52.5 Å². The lowest BCUT2D eigenvalue weighted by molar-refractivity contribution is 0.670. The maximum Gasteiger partial charge on any atom is 0.235 e. The van der Waals surface area contributed by atoms with Gasteiger partial charge in [-0.2, -0.15) is 0 Å². The number of fused-ring (bicyclic) bond motifs is 18. The van der Waals surface area contributed by atoms with Crippen molar-refractivity contribution in [1.82, 2.24) is 14.5 Å². The monoisotopic (exact) mass is 717 g/mol. The van der Waals surface area contributed by atoms with Gasteiger partial charge in [0, 0.05) is 48.0 Å². The van der Waals surface area contributed by atoms with Crippen molar-refractivity contribution in [2.45, 2.75) is 0 Å². The lowest BCUT2D eigenvalue weighted by atomic mass is 9.97. The Morgan fingerprint density at radius 3 is 1.95 bits per heavy atom. The van der Waals surface area contributed by atoms with Crippen molar-refractivity contribution in [3.8, 4) is 17.2 Å². The molecule has 0 amide bonds. The first-order valence-corrected chi connectivity index (χ1v) is 19.4. The van der Waals surface area contributed by atoms with Crippen LogP contribution in [0.15, 0.2) is 168 Å². The van der Waals surface area contributed by atoms with Crippen molar-refractivity contribution in [2.75, 3.05) is 0 Å². The molecule has 13 aromatic rings. The first kappa shape index (κ1) is 29.4. The number of hydrogen-bond donors (Lipinski definition) is 0.